The summed E-state index contributed by atoms with van der Waals surface area (Å²) < 4.78 is 2.37. The molecule has 0 radical (unpaired) electrons. The van der Waals surface area contributed by atoms with Crippen LogP contribution in [0, 0.1) is 18.8 Å². The van der Waals surface area contributed by atoms with E-state index in [2.05, 4.69) is 43.4 Å². The lowest BCUT2D eigenvalue weighted by atomic mass is 9.76. The van der Waals surface area contributed by atoms with Crippen molar-refractivity contribution in [2.24, 2.45) is 17.6 Å². The van der Waals surface area contributed by atoms with Gasteiger partial charge in [-0.3, -0.25) is 4.79 Å². The second-order valence-electron chi connectivity index (χ2n) is 7.72. The third-order valence-electron chi connectivity index (χ3n) is 6.32. The third-order valence-corrected chi connectivity index (χ3v) is 6.32. The average molecular weight is 379 g/mol. The summed E-state index contributed by atoms with van der Waals surface area (Å²) in [4.78, 5) is 8.58. The highest BCUT2D eigenvalue weighted by molar-refractivity contribution is 5.49. The smallest absolute Gasteiger partial charge is 0.204 e. The Morgan fingerprint density at radius 2 is 1.81 bits per heavy atom. The number of carbonyl (C=O) groups excluding carboxylic acids is 1. The van der Waals surface area contributed by atoms with Gasteiger partial charge in [-0.15, -0.1) is 0 Å². The van der Waals surface area contributed by atoms with E-state index in [1.807, 2.05) is 13.8 Å². The first-order valence-electron chi connectivity index (χ1n) is 11.0. The molecule has 5 heteroatoms. The number of nitrogens with two attached hydrogens (primary N) is 1. The number of anilines is 1. The van der Waals surface area contributed by atoms with Gasteiger partial charge >= 0.3 is 0 Å². The summed E-state index contributed by atoms with van der Waals surface area (Å²) in [6.07, 6.45) is 9.69. The highest BCUT2D eigenvalue weighted by Crippen LogP contribution is 2.42. The van der Waals surface area contributed by atoms with Gasteiger partial charge in [0.25, 0.3) is 0 Å². The number of hydrogen-bond donors (Lipinski definition) is 2. The fraction of sp³-hybridized carbons (Fsp3) is 0.818. The molecule has 1 fully saturated rings. The van der Waals surface area contributed by atoms with Gasteiger partial charge in [0, 0.05) is 18.0 Å². The highest BCUT2D eigenvalue weighted by Gasteiger charge is 2.33. The summed E-state index contributed by atoms with van der Waals surface area (Å²) in [7, 11) is 0. The predicted molar refractivity (Wildman–Crippen MR) is 115 cm³/mol. The molecule has 5 nitrogen and oxygen atoms in total. The summed E-state index contributed by atoms with van der Waals surface area (Å²) in [5.74, 6) is 3.70. The molecule has 1 aromatic rings. The van der Waals surface area contributed by atoms with E-state index < -0.39 is 0 Å². The topological polar surface area (TPSA) is 72.9 Å². The van der Waals surface area contributed by atoms with Crippen LogP contribution in [0.25, 0.3) is 0 Å². The van der Waals surface area contributed by atoms with Crippen molar-refractivity contribution in [3.05, 3.63) is 11.3 Å². The van der Waals surface area contributed by atoms with E-state index in [0.29, 0.717) is 12.0 Å². The Labute approximate surface area is 166 Å². The summed E-state index contributed by atoms with van der Waals surface area (Å²) in [5, 5.41) is 8.69. The van der Waals surface area contributed by atoms with Crippen molar-refractivity contribution in [2.45, 2.75) is 98.4 Å². The minimum atomic E-state index is 0.250. The zero-order valence-electron chi connectivity index (χ0n) is 18.4. The SMILES string of the molecule is CC.CCC1CCC(C2CCNc3c(C)c(C(C)CC)nn32)CC1.NC=O. The summed E-state index contributed by atoms with van der Waals surface area (Å²) in [5.41, 5.74) is 6.88. The molecule has 1 aliphatic heterocycles. The van der Waals surface area contributed by atoms with Crippen molar-refractivity contribution in [3.63, 3.8) is 0 Å². The van der Waals surface area contributed by atoms with Gasteiger partial charge in [-0.1, -0.05) is 53.9 Å². The van der Waals surface area contributed by atoms with Gasteiger partial charge in [-0.25, -0.2) is 4.68 Å². The largest absolute Gasteiger partial charge is 0.372 e. The third kappa shape index (κ3) is 5.73. The minimum Gasteiger partial charge on any atom is -0.372 e. The first-order valence-corrected chi connectivity index (χ1v) is 11.0. The molecule has 0 saturated heterocycles. The predicted octanol–water partition coefficient (Wildman–Crippen LogP) is 5.41. The molecule has 1 aromatic heterocycles. The molecule has 27 heavy (non-hydrogen) atoms. The molecule has 2 atom stereocenters. The van der Waals surface area contributed by atoms with Gasteiger partial charge < -0.3 is 11.1 Å². The van der Waals surface area contributed by atoms with Gasteiger partial charge in [0.2, 0.25) is 6.41 Å². The number of fused-ring (bicyclic) bond motifs is 1. The average Bonchev–Trinajstić information content (AvgIpc) is 3.06. The number of rotatable bonds is 4. The van der Waals surface area contributed by atoms with Gasteiger partial charge in [-0.05, 0) is 44.4 Å². The lowest BCUT2D eigenvalue weighted by Crippen LogP contribution is -2.31. The van der Waals surface area contributed by atoms with Crippen molar-refractivity contribution in [2.75, 3.05) is 11.9 Å². The Hall–Kier alpha value is -1.52. The molecule has 3 rings (SSSR count). The summed E-state index contributed by atoms with van der Waals surface area (Å²) in [6.45, 7) is 14.3. The number of nitrogens with one attached hydrogen (secondary N) is 1. The molecule has 3 N–H and O–H groups in total. The standard InChI is InChI=1S/C19H33N3.C2H6.CH3NO/c1-5-13(3)18-14(4)19-20-12-11-17(22(19)21-18)16-9-7-15(6-2)8-10-16;1-2;2-1-3/h13,15-17,20H,5-12H2,1-4H3;1-2H3;1H,(H2,2,3). The fourth-order valence-electron chi connectivity index (χ4n) is 4.53. The van der Waals surface area contributed by atoms with Crippen LogP contribution in [0.3, 0.4) is 0 Å². The number of hydrogen-bond acceptors (Lipinski definition) is 3. The Morgan fingerprint density at radius 1 is 1.22 bits per heavy atom. The van der Waals surface area contributed by atoms with E-state index >= 15 is 0 Å². The molecule has 2 unspecified atom stereocenters. The highest BCUT2D eigenvalue weighted by atomic mass is 16.1. The number of aromatic nitrogens is 2. The van der Waals surface area contributed by atoms with Gasteiger partial charge in [-0.2, -0.15) is 5.10 Å². The van der Waals surface area contributed by atoms with E-state index in [0.717, 1.165) is 18.4 Å². The maximum atomic E-state index is 8.58. The molecule has 1 saturated carbocycles. The second-order valence-corrected chi connectivity index (χ2v) is 7.72. The number of primary amides is 1. The van der Waals surface area contributed by atoms with Crippen LogP contribution in [0.1, 0.15) is 103 Å². The first kappa shape index (κ1) is 23.5. The molecular formula is C22H42N4O. The second kappa shape index (κ2) is 12.0. The van der Waals surface area contributed by atoms with Gasteiger partial charge in [0.05, 0.1) is 11.7 Å². The van der Waals surface area contributed by atoms with Crippen LogP contribution in [0.4, 0.5) is 5.82 Å². The molecule has 0 spiro atoms. The van der Waals surface area contributed by atoms with Crippen LogP contribution in [0.5, 0.6) is 0 Å². The molecule has 1 aliphatic carbocycles. The van der Waals surface area contributed by atoms with E-state index in [-0.39, 0.29) is 6.41 Å². The van der Waals surface area contributed by atoms with E-state index in [1.54, 1.807) is 0 Å². The molecular weight excluding hydrogens is 336 g/mol. The van der Waals surface area contributed by atoms with Crippen LogP contribution in [-0.2, 0) is 4.79 Å². The van der Waals surface area contributed by atoms with Crippen LogP contribution < -0.4 is 11.1 Å². The molecule has 2 heterocycles. The number of carbonyl (C=O) groups is 1. The monoisotopic (exact) mass is 378 g/mol. The zero-order valence-corrected chi connectivity index (χ0v) is 18.4. The van der Waals surface area contributed by atoms with Crippen LogP contribution in [0.15, 0.2) is 0 Å². The Morgan fingerprint density at radius 3 is 2.33 bits per heavy atom. The van der Waals surface area contributed by atoms with E-state index in [1.165, 1.54) is 62.0 Å². The van der Waals surface area contributed by atoms with Gasteiger partial charge in [0.15, 0.2) is 0 Å². The van der Waals surface area contributed by atoms with Crippen molar-refractivity contribution >= 4 is 12.2 Å². The van der Waals surface area contributed by atoms with Crippen molar-refractivity contribution < 1.29 is 4.79 Å². The molecule has 2 aliphatic rings. The maximum Gasteiger partial charge on any atom is 0.204 e. The van der Waals surface area contributed by atoms with E-state index in [4.69, 9.17) is 9.89 Å². The Balaban J connectivity index is 0.000000665. The summed E-state index contributed by atoms with van der Waals surface area (Å²) >= 11 is 0. The lowest BCUT2D eigenvalue weighted by molar-refractivity contribution is -0.106. The van der Waals surface area contributed by atoms with Crippen molar-refractivity contribution in [3.8, 4) is 0 Å². The molecule has 0 aromatic carbocycles. The molecule has 0 bridgehead atoms. The van der Waals surface area contributed by atoms with Crippen molar-refractivity contribution in [1.82, 2.24) is 9.78 Å². The lowest BCUT2D eigenvalue weighted by Gasteiger charge is -2.36. The first-order chi connectivity index (χ1) is 13.1. The number of nitrogens with zero attached hydrogens (tertiary/aromatic N) is 2. The number of amides is 1. The van der Waals surface area contributed by atoms with E-state index in [9.17, 15) is 0 Å². The fourth-order valence-corrected chi connectivity index (χ4v) is 4.53. The summed E-state index contributed by atoms with van der Waals surface area (Å²) in [6, 6.07) is 0.630. The normalized spacial score (nSPS) is 24.9. The molecule has 1 amide bonds. The Bertz CT molecular complexity index is 547. The van der Waals surface area contributed by atoms with Crippen LogP contribution in [-0.4, -0.2) is 22.7 Å². The molecule has 156 valence electrons. The van der Waals surface area contributed by atoms with Crippen LogP contribution in [0.2, 0.25) is 0 Å². The zero-order chi connectivity index (χ0) is 20.4. The van der Waals surface area contributed by atoms with Crippen LogP contribution >= 0.6 is 0 Å². The quantitative estimate of drug-likeness (QED) is 0.688. The van der Waals surface area contributed by atoms with Crippen molar-refractivity contribution in [1.29, 1.82) is 0 Å². The van der Waals surface area contributed by atoms with Gasteiger partial charge in [0.1, 0.15) is 5.82 Å². The minimum absolute atomic E-state index is 0.250. The maximum absolute atomic E-state index is 8.58. The Kier molecular flexibility index (Phi) is 10.5.